The summed E-state index contributed by atoms with van der Waals surface area (Å²) in [6, 6.07) is 8.30. The van der Waals surface area contributed by atoms with Crippen LogP contribution in [0.1, 0.15) is 45.6 Å². The first-order valence-corrected chi connectivity index (χ1v) is 6.22. The van der Waals surface area contributed by atoms with E-state index in [1.807, 2.05) is 12.1 Å². The average molecular weight is 236 g/mol. The Kier molecular flexibility index (Phi) is 5.01. The molecule has 0 bridgehead atoms. The van der Waals surface area contributed by atoms with Gasteiger partial charge in [0, 0.05) is 13.5 Å². The Morgan fingerprint density at radius 2 is 1.94 bits per heavy atom. The molecule has 0 aliphatic heterocycles. The van der Waals surface area contributed by atoms with E-state index in [-0.39, 0.29) is 5.60 Å². The van der Waals surface area contributed by atoms with Crippen LogP contribution in [-0.2, 0) is 4.74 Å². The summed E-state index contributed by atoms with van der Waals surface area (Å²) < 4.78 is 11.1. The fourth-order valence-electron chi connectivity index (χ4n) is 1.48. The Labute approximate surface area is 105 Å². The molecule has 96 valence electrons. The van der Waals surface area contributed by atoms with Crippen molar-refractivity contribution < 1.29 is 9.47 Å². The smallest absolute Gasteiger partial charge is 0.119 e. The molecule has 0 saturated carbocycles. The molecule has 0 saturated heterocycles. The molecule has 0 aromatic heterocycles. The Balaban J connectivity index is 2.50. The number of benzene rings is 1. The molecular formula is C15H24O2. The van der Waals surface area contributed by atoms with E-state index in [9.17, 15) is 0 Å². The lowest BCUT2D eigenvalue weighted by atomic mass is 10.0. The summed E-state index contributed by atoms with van der Waals surface area (Å²) in [7, 11) is 1.74. The van der Waals surface area contributed by atoms with Crippen molar-refractivity contribution in [1.29, 1.82) is 0 Å². The lowest BCUT2D eigenvalue weighted by molar-refractivity contribution is 0.00545. The monoisotopic (exact) mass is 236 g/mol. The highest BCUT2D eigenvalue weighted by Crippen LogP contribution is 2.21. The minimum Gasteiger partial charge on any atom is -0.493 e. The molecule has 1 rings (SSSR count). The molecule has 2 nitrogen and oxygen atoms in total. The molecule has 2 heteroatoms. The number of hydrogen-bond donors (Lipinski definition) is 0. The van der Waals surface area contributed by atoms with Gasteiger partial charge in [0.25, 0.3) is 0 Å². The molecule has 0 aliphatic rings. The van der Waals surface area contributed by atoms with Gasteiger partial charge >= 0.3 is 0 Å². The van der Waals surface area contributed by atoms with Gasteiger partial charge in [-0.25, -0.2) is 0 Å². The second-order valence-electron chi connectivity index (χ2n) is 5.29. The lowest BCUT2D eigenvalue weighted by Crippen LogP contribution is -2.25. The Bertz CT molecular complexity index is 343. The molecule has 0 fully saturated rings. The molecule has 0 heterocycles. The third kappa shape index (κ3) is 4.78. The molecule has 0 atom stereocenters. The first-order valence-electron chi connectivity index (χ1n) is 6.22. The van der Waals surface area contributed by atoms with E-state index in [0.717, 1.165) is 12.2 Å². The van der Waals surface area contributed by atoms with Crippen molar-refractivity contribution in [3.05, 3.63) is 29.8 Å². The second kappa shape index (κ2) is 6.06. The maximum Gasteiger partial charge on any atom is 0.119 e. The van der Waals surface area contributed by atoms with E-state index >= 15 is 0 Å². The van der Waals surface area contributed by atoms with Crippen LogP contribution in [0.2, 0.25) is 0 Å². The zero-order valence-corrected chi connectivity index (χ0v) is 11.6. The summed E-state index contributed by atoms with van der Waals surface area (Å²) >= 11 is 0. The third-order valence-corrected chi connectivity index (χ3v) is 3.05. The fraction of sp³-hybridized carbons (Fsp3) is 0.600. The van der Waals surface area contributed by atoms with Gasteiger partial charge in [0.2, 0.25) is 0 Å². The molecule has 1 aromatic carbocycles. The molecule has 0 aliphatic carbocycles. The summed E-state index contributed by atoms with van der Waals surface area (Å²) in [4.78, 5) is 0. The number of ether oxygens (including phenoxy) is 2. The maximum absolute atomic E-state index is 5.75. The number of hydrogen-bond acceptors (Lipinski definition) is 2. The predicted octanol–water partition coefficient (Wildman–Crippen LogP) is 4.00. The zero-order chi connectivity index (χ0) is 12.9. The van der Waals surface area contributed by atoms with Gasteiger partial charge in [-0.3, -0.25) is 0 Å². The SMILES string of the molecule is COC(C)(C)CCOc1cccc(C(C)C)c1. The van der Waals surface area contributed by atoms with Crippen LogP contribution in [-0.4, -0.2) is 19.3 Å². The summed E-state index contributed by atoms with van der Waals surface area (Å²) in [6.07, 6.45) is 0.884. The summed E-state index contributed by atoms with van der Waals surface area (Å²) in [5.41, 5.74) is 1.20. The largest absolute Gasteiger partial charge is 0.493 e. The van der Waals surface area contributed by atoms with Gasteiger partial charge in [-0.15, -0.1) is 0 Å². The van der Waals surface area contributed by atoms with Crippen LogP contribution in [0, 0.1) is 0 Å². The minimum absolute atomic E-state index is 0.115. The molecule has 17 heavy (non-hydrogen) atoms. The van der Waals surface area contributed by atoms with Gasteiger partial charge < -0.3 is 9.47 Å². The summed E-state index contributed by atoms with van der Waals surface area (Å²) in [6.45, 7) is 9.20. The molecule has 0 spiro atoms. The van der Waals surface area contributed by atoms with Crippen LogP contribution in [0.5, 0.6) is 5.75 Å². The first kappa shape index (κ1) is 14.0. The fourth-order valence-corrected chi connectivity index (χ4v) is 1.48. The van der Waals surface area contributed by atoms with Gasteiger partial charge in [-0.2, -0.15) is 0 Å². The predicted molar refractivity (Wildman–Crippen MR) is 71.7 cm³/mol. The molecule has 0 unspecified atom stereocenters. The van der Waals surface area contributed by atoms with Crippen molar-refractivity contribution in [1.82, 2.24) is 0 Å². The van der Waals surface area contributed by atoms with Gasteiger partial charge in [0.15, 0.2) is 0 Å². The normalized spacial score (nSPS) is 11.9. The summed E-state index contributed by atoms with van der Waals surface area (Å²) in [5, 5.41) is 0. The Morgan fingerprint density at radius 3 is 2.53 bits per heavy atom. The first-order chi connectivity index (χ1) is 7.94. The average Bonchev–Trinajstić information content (AvgIpc) is 2.29. The van der Waals surface area contributed by atoms with Crippen molar-refractivity contribution in [2.75, 3.05) is 13.7 Å². The van der Waals surface area contributed by atoms with Crippen molar-refractivity contribution in [2.24, 2.45) is 0 Å². The van der Waals surface area contributed by atoms with Gasteiger partial charge in [0.1, 0.15) is 5.75 Å². The minimum atomic E-state index is -0.115. The Hall–Kier alpha value is -1.02. The van der Waals surface area contributed by atoms with Crippen LogP contribution >= 0.6 is 0 Å². The molecule has 1 aromatic rings. The molecule has 0 N–H and O–H groups in total. The topological polar surface area (TPSA) is 18.5 Å². The van der Waals surface area contributed by atoms with E-state index < -0.39 is 0 Å². The van der Waals surface area contributed by atoms with Crippen LogP contribution in [0.4, 0.5) is 0 Å². The highest BCUT2D eigenvalue weighted by atomic mass is 16.5. The van der Waals surface area contributed by atoms with Crippen LogP contribution in [0.3, 0.4) is 0 Å². The quantitative estimate of drug-likeness (QED) is 0.743. The third-order valence-electron chi connectivity index (χ3n) is 3.05. The van der Waals surface area contributed by atoms with E-state index in [1.165, 1.54) is 5.56 Å². The van der Waals surface area contributed by atoms with Crippen molar-refractivity contribution >= 4 is 0 Å². The van der Waals surface area contributed by atoms with Crippen LogP contribution < -0.4 is 4.74 Å². The standard InChI is InChI=1S/C15H24O2/c1-12(2)13-7-6-8-14(11-13)17-10-9-15(3,4)16-5/h6-8,11-12H,9-10H2,1-5H3. The van der Waals surface area contributed by atoms with Crippen LogP contribution in [0.15, 0.2) is 24.3 Å². The van der Waals surface area contributed by atoms with Crippen molar-refractivity contribution in [3.8, 4) is 5.75 Å². The van der Waals surface area contributed by atoms with Crippen molar-refractivity contribution in [3.63, 3.8) is 0 Å². The van der Waals surface area contributed by atoms with E-state index in [1.54, 1.807) is 7.11 Å². The van der Waals surface area contributed by atoms with Gasteiger partial charge in [0.05, 0.1) is 12.2 Å². The Morgan fingerprint density at radius 1 is 1.24 bits per heavy atom. The van der Waals surface area contributed by atoms with Crippen LogP contribution in [0.25, 0.3) is 0 Å². The van der Waals surface area contributed by atoms with E-state index in [4.69, 9.17) is 9.47 Å². The van der Waals surface area contributed by atoms with E-state index in [2.05, 4.69) is 39.8 Å². The maximum atomic E-state index is 5.75. The number of rotatable bonds is 6. The molecule has 0 radical (unpaired) electrons. The number of methoxy groups -OCH3 is 1. The lowest BCUT2D eigenvalue weighted by Gasteiger charge is -2.22. The van der Waals surface area contributed by atoms with E-state index in [0.29, 0.717) is 12.5 Å². The molecule has 0 amide bonds. The summed E-state index contributed by atoms with van der Waals surface area (Å²) in [5.74, 6) is 1.48. The second-order valence-corrected chi connectivity index (χ2v) is 5.29. The van der Waals surface area contributed by atoms with Gasteiger partial charge in [-0.05, 0) is 37.5 Å². The highest BCUT2D eigenvalue weighted by Gasteiger charge is 2.15. The highest BCUT2D eigenvalue weighted by molar-refractivity contribution is 5.30. The zero-order valence-electron chi connectivity index (χ0n) is 11.6. The van der Waals surface area contributed by atoms with Crippen molar-refractivity contribution in [2.45, 2.75) is 45.6 Å². The van der Waals surface area contributed by atoms with Gasteiger partial charge in [-0.1, -0.05) is 26.0 Å². The molecular weight excluding hydrogens is 212 g/mol.